The van der Waals surface area contributed by atoms with Crippen LogP contribution in [0.4, 0.5) is 0 Å². The third-order valence-corrected chi connectivity index (χ3v) is 2.32. The summed E-state index contributed by atoms with van der Waals surface area (Å²) in [5.41, 5.74) is 1.08. The smallest absolute Gasteiger partial charge is 0.192 e. The summed E-state index contributed by atoms with van der Waals surface area (Å²) in [5, 5.41) is 0. The maximum atomic E-state index is 5.71. The molecule has 1 fully saturated rings. The Balaban J connectivity index is 2.26. The van der Waals surface area contributed by atoms with Crippen molar-refractivity contribution in [1.82, 2.24) is 0 Å². The molecular weight excluding hydrogens is 164 g/mol. The first-order valence-corrected chi connectivity index (χ1v) is 4.58. The number of rotatable bonds is 1. The topological polar surface area (TPSA) is 18.5 Å². The molecule has 0 aliphatic carbocycles. The van der Waals surface area contributed by atoms with Crippen molar-refractivity contribution in [3.63, 3.8) is 0 Å². The van der Waals surface area contributed by atoms with Crippen molar-refractivity contribution < 1.29 is 9.47 Å². The van der Waals surface area contributed by atoms with Gasteiger partial charge in [0.25, 0.3) is 0 Å². The van der Waals surface area contributed by atoms with Gasteiger partial charge in [-0.15, -0.1) is 0 Å². The molecule has 0 N–H and O–H groups in total. The SMILES string of the molecule is C[C@H]1CO[C@](C)(c2ccccc2)O1. The first-order valence-electron chi connectivity index (χ1n) is 4.58. The lowest BCUT2D eigenvalue weighted by atomic mass is 10.1. The van der Waals surface area contributed by atoms with Crippen LogP contribution in [-0.4, -0.2) is 12.7 Å². The van der Waals surface area contributed by atoms with Gasteiger partial charge in [0.15, 0.2) is 5.79 Å². The molecule has 2 rings (SSSR count). The molecule has 1 aliphatic rings. The van der Waals surface area contributed by atoms with Gasteiger partial charge in [-0.25, -0.2) is 0 Å². The Bertz CT molecular complexity index is 283. The van der Waals surface area contributed by atoms with E-state index in [-0.39, 0.29) is 6.10 Å². The van der Waals surface area contributed by atoms with Gasteiger partial charge in [0.05, 0.1) is 12.7 Å². The molecule has 0 aromatic heterocycles. The average Bonchev–Trinajstić information content (AvgIpc) is 2.49. The molecule has 0 unspecified atom stereocenters. The fourth-order valence-electron chi connectivity index (χ4n) is 1.62. The second-order valence-corrected chi connectivity index (χ2v) is 3.55. The van der Waals surface area contributed by atoms with Gasteiger partial charge in [-0.3, -0.25) is 0 Å². The number of ether oxygens (including phenoxy) is 2. The number of benzene rings is 1. The molecular formula is C11H14O2. The third-order valence-electron chi connectivity index (χ3n) is 2.32. The lowest BCUT2D eigenvalue weighted by Crippen LogP contribution is -2.23. The van der Waals surface area contributed by atoms with Gasteiger partial charge in [0.2, 0.25) is 0 Å². The van der Waals surface area contributed by atoms with E-state index in [1.165, 1.54) is 0 Å². The second-order valence-electron chi connectivity index (χ2n) is 3.55. The highest BCUT2D eigenvalue weighted by molar-refractivity contribution is 5.20. The van der Waals surface area contributed by atoms with Crippen LogP contribution in [0.1, 0.15) is 19.4 Å². The van der Waals surface area contributed by atoms with Gasteiger partial charge in [-0.1, -0.05) is 30.3 Å². The van der Waals surface area contributed by atoms with Crippen LogP contribution in [0.15, 0.2) is 30.3 Å². The van der Waals surface area contributed by atoms with Crippen molar-refractivity contribution >= 4 is 0 Å². The molecule has 1 saturated heterocycles. The normalized spacial score (nSPS) is 33.5. The zero-order valence-electron chi connectivity index (χ0n) is 7.99. The molecule has 0 spiro atoms. The molecule has 0 bridgehead atoms. The molecule has 13 heavy (non-hydrogen) atoms. The van der Waals surface area contributed by atoms with Gasteiger partial charge in [0, 0.05) is 5.56 Å². The van der Waals surface area contributed by atoms with Crippen molar-refractivity contribution in [3.8, 4) is 0 Å². The van der Waals surface area contributed by atoms with E-state index in [4.69, 9.17) is 9.47 Å². The van der Waals surface area contributed by atoms with E-state index in [1.807, 2.05) is 44.2 Å². The van der Waals surface area contributed by atoms with Crippen LogP contribution in [0.5, 0.6) is 0 Å². The maximum Gasteiger partial charge on any atom is 0.192 e. The van der Waals surface area contributed by atoms with Crippen LogP contribution in [-0.2, 0) is 15.3 Å². The summed E-state index contributed by atoms with van der Waals surface area (Å²) in [4.78, 5) is 0. The van der Waals surface area contributed by atoms with Crippen molar-refractivity contribution in [3.05, 3.63) is 35.9 Å². The van der Waals surface area contributed by atoms with Gasteiger partial charge >= 0.3 is 0 Å². The standard InChI is InChI=1S/C11H14O2/c1-9-8-12-11(2,13-9)10-6-4-3-5-7-10/h3-7,9H,8H2,1-2H3/t9-,11-/m0/s1. The van der Waals surface area contributed by atoms with Gasteiger partial charge < -0.3 is 9.47 Å². The Kier molecular flexibility index (Phi) is 2.10. The van der Waals surface area contributed by atoms with Gasteiger partial charge in [-0.2, -0.15) is 0 Å². The molecule has 2 heteroatoms. The first kappa shape index (κ1) is 8.73. The zero-order chi connectivity index (χ0) is 9.31. The minimum absolute atomic E-state index is 0.185. The lowest BCUT2D eigenvalue weighted by Gasteiger charge is -2.23. The molecule has 1 aromatic rings. The predicted octanol–water partition coefficient (Wildman–Crippen LogP) is 2.29. The molecule has 70 valence electrons. The molecule has 1 heterocycles. The molecule has 0 saturated carbocycles. The van der Waals surface area contributed by atoms with Crippen LogP contribution >= 0.6 is 0 Å². The summed E-state index contributed by atoms with van der Waals surface area (Å²) in [5.74, 6) is -0.541. The van der Waals surface area contributed by atoms with E-state index in [1.54, 1.807) is 0 Å². The Hall–Kier alpha value is -0.860. The summed E-state index contributed by atoms with van der Waals surface area (Å²) < 4.78 is 11.3. The average molecular weight is 178 g/mol. The molecule has 0 amide bonds. The van der Waals surface area contributed by atoms with Crippen molar-refractivity contribution in [2.45, 2.75) is 25.7 Å². The van der Waals surface area contributed by atoms with Crippen molar-refractivity contribution in [2.24, 2.45) is 0 Å². The predicted molar refractivity (Wildman–Crippen MR) is 50.3 cm³/mol. The van der Waals surface area contributed by atoms with E-state index in [2.05, 4.69) is 0 Å². The fourth-order valence-corrected chi connectivity index (χ4v) is 1.62. The van der Waals surface area contributed by atoms with Crippen LogP contribution in [0, 0.1) is 0 Å². The molecule has 2 nitrogen and oxygen atoms in total. The minimum atomic E-state index is -0.541. The van der Waals surface area contributed by atoms with Crippen LogP contribution in [0.2, 0.25) is 0 Å². The highest BCUT2D eigenvalue weighted by Crippen LogP contribution is 2.33. The summed E-state index contributed by atoms with van der Waals surface area (Å²) >= 11 is 0. The van der Waals surface area contributed by atoms with Gasteiger partial charge in [-0.05, 0) is 13.8 Å². The zero-order valence-corrected chi connectivity index (χ0v) is 7.99. The Morgan fingerprint density at radius 2 is 2.00 bits per heavy atom. The quantitative estimate of drug-likeness (QED) is 0.657. The van der Waals surface area contributed by atoms with E-state index in [0.717, 1.165) is 5.56 Å². The Morgan fingerprint density at radius 3 is 2.54 bits per heavy atom. The molecule has 2 atom stereocenters. The number of hydrogen-bond donors (Lipinski definition) is 0. The largest absolute Gasteiger partial charge is 0.343 e. The minimum Gasteiger partial charge on any atom is -0.343 e. The van der Waals surface area contributed by atoms with Gasteiger partial charge in [0.1, 0.15) is 0 Å². The fraction of sp³-hybridized carbons (Fsp3) is 0.455. The van der Waals surface area contributed by atoms with Crippen LogP contribution < -0.4 is 0 Å². The second kappa shape index (κ2) is 3.13. The van der Waals surface area contributed by atoms with Crippen molar-refractivity contribution in [2.75, 3.05) is 6.61 Å². The van der Waals surface area contributed by atoms with Crippen molar-refractivity contribution in [1.29, 1.82) is 0 Å². The molecule has 0 radical (unpaired) electrons. The summed E-state index contributed by atoms with van der Waals surface area (Å²) in [6.07, 6.45) is 0.185. The Labute approximate surface area is 78.5 Å². The Morgan fingerprint density at radius 1 is 1.31 bits per heavy atom. The van der Waals surface area contributed by atoms with E-state index < -0.39 is 5.79 Å². The number of hydrogen-bond acceptors (Lipinski definition) is 2. The van der Waals surface area contributed by atoms with Crippen LogP contribution in [0.3, 0.4) is 0 Å². The summed E-state index contributed by atoms with van der Waals surface area (Å²) in [6, 6.07) is 10.0. The monoisotopic (exact) mass is 178 g/mol. The van der Waals surface area contributed by atoms with Crippen LogP contribution in [0.25, 0.3) is 0 Å². The highest BCUT2D eigenvalue weighted by Gasteiger charge is 2.36. The third kappa shape index (κ3) is 1.60. The lowest BCUT2D eigenvalue weighted by molar-refractivity contribution is -0.159. The summed E-state index contributed by atoms with van der Waals surface area (Å²) in [7, 11) is 0. The van der Waals surface area contributed by atoms with E-state index >= 15 is 0 Å². The maximum absolute atomic E-state index is 5.71. The first-order chi connectivity index (χ1) is 6.21. The van der Waals surface area contributed by atoms with E-state index in [9.17, 15) is 0 Å². The molecule has 1 aromatic carbocycles. The van der Waals surface area contributed by atoms with E-state index in [0.29, 0.717) is 6.61 Å². The summed E-state index contributed by atoms with van der Waals surface area (Å²) in [6.45, 7) is 4.66. The molecule has 1 aliphatic heterocycles. The highest BCUT2D eigenvalue weighted by atomic mass is 16.7.